The summed E-state index contributed by atoms with van der Waals surface area (Å²) in [7, 11) is 0. The molecule has 1 saturated carbocycles. The second-order valence-electron chi connectivity index (χ2n) is 5.56. The fourth-order valence-corrected chi connectivity index (χ4v) is 3.46. The number of fused-ring (bicyclic) bond motifs is 2. The van der Waals surface area contributed by atoms with Crippen LogP contribution in [0.3, 0.4) is 0 Å². The quantitative estimate of drug-likeness (QED) is 0.779. The highest BCUT2D eigenvalue weighted by atomic mass is 16.1. The summed E-state index contributed by atoms with van der Waals surface area (Å²) in [6, 6.07) is 5.46. The molecule has 5 rings (SSSR count). The predicted octanol–water partition coefficient (Wildman–Crippen LogP) is 1.05. The molecule has 3 aliphatic rings. The van der Waals surface area contributed by atoms with Crippen LogP contribution < -0.4 is 5.01 Å². The van der Waals surface area contributed by atoms with Crippen LogP contribution >= 0.6 is 0 Å². The van der Waals surface area contributed by atoms with Crippen LogP contribution in [0, 0.1) is 5.92 Å². The number of ketones is 1. The van der Waals surface area contributed by atoms with Gasteiger partial charge >= 0.3 is 0 Å². The summed E-state index contributed by atoms with van der Waals surface area (Å²) in [5.74, 6) is 0.737. The second-order valence-corrected chi connectivity index (χ2v) is 5.56. The minimum absolute atomic E-state index is 0.0892. The molecule has 0 spiro atoms. The summed E-state index contributed by atoms with van der Waals surface area (Å²) in [4.78, 5) is 18.7. The van der Waals surface area contributed by atoms with Gasteiger partial charge in [-0.05, 0) is 37.3 Å². The molecule has 0 amide bonds. The van der Waals surface area contributed by atoms with Gasteiger partial charge in [-0.3, -0.25) is 14.8 Å². The number of carbonyl (C=O) groups excluding carboxylic acids is 1. The standard InChI is InChI=1S/C14H15N5O/c20-13(12-3-1-2-5-15-12)14-9-11(10-14)4-8-18(14)19-16-6-7-17-19/h1-3,5-7,11H,4,8-10H2. The number of piperidine rings is 2. The van der Waals surface area contributed by atoms with Crippen molar-refractivity contribution in [3.63, 3.8) is 0 Å². The van der Waals surface area contributed by atoms with E-state index in [1.54, 1.807) is 29.6 Å². The third-order valence-corrected chi connectivity index (χ3v) is 4.44. The molecule has 0 atom stereocenters. The fourth-order valence-electron chi connectivity index (χ4n) is 3.46. The molecule has 3 fully saturated rings. The fraction of sp³-hybridized carbons (Fsp3) is 0.429. The first-order chi connectivity index (χ1) is 9.79. The van der Waals surface area contributed by atoms with Crippen molar-refractivity contribution in [2.45, 2.75) is 24.8 Å². The molecule has 0 N–H and O–H groups in total. The highest BCUT2D eigenvalue weighted by Crippen LogP contribution is 2.49. The van der Waals surface area contributed by atoms with Crippen molar-refractivity contribution in [1.29, 1.82) is 0 Å². The van der Waals surface area contributed by atoms with E-state index < -0.39 is 5.54 Å². The van der Waals surface area contributed by atoms with Crippen molar-refractivity contribution in [1.82, 2.24) is 20.1 Å². The third-order valence-electron chi connectivity index (χ3n) is 4.44. The van der Waals surface area contributed by atoms with E-state index in [2.05, 4.69) is 15.2 Å². The first-order valence-corrected chi connectivity index (χ1v) is 6.90. The van der Waals surface area contributed by atoms with Gasteiger partial charge in [0.15, 0.2) is 0 Å². The maximum Gasteiger partial charge on any atom is 0.208 e. The number of rotatable bonds is 3. The van der Waals surface area contributed by atoms with Crippen LogP contribution in [0.1, 0.15) is 29.8 Å². The number of pyridine rings is 1. The molecule has 2 saturated heterocycles. The van der Waals surface area contributed by atoms with Gasteiger partial charge in [-0.1, -0.05) is 11.0 Å². The molecule has 0 aromatic carbocycles. The van der Waals surface area contributed by atoms with Gasteiger partial charge in [0, 0.05) is 12.7 Å². The zero-order valence-electron chi connectivity index (χ0n) is 11.0. The molecule has 2 aromatic rings. The van der Waals surface area contributed by atoms with Gasteiger partial charge < -0.3 is 0 Å². The summed E-state index contributed by atoms with van der Waals surface area (Å²) < 4.78 is 0. The first kappa shape index (κ1) is 11.6. The number of hydrogen-bond acceptors (Lipinski definition) is 5. The number of carbonyl (C=O) groups is 1. The van der Waals surface area contributed by atoms with Gasteiger partial charge in [-0.15, -0.1) is 10.2 Å². The Labute approximate surface area is 116 Å². The maximum atomic E-state index is 12.9. The lowest BCUT2D eigenvalue weighted by atomic mass is 9.61. The Balaban J connectivity index is 1.72. The Morgan fingerprint density at radius 2 is 2.00 bits per heavy atom. The molecular weight excluding hydrogens is 254 g/mol. The normalized spacial score (nSPS) is 28.0. The molecular formula is C14H15N5O. The zero-order chi connectivity index (χ0) is 13.6. The molecule has 0 radical (unpaired) electrons. The van der Waals surface area contributed by atoms with Crippen LogP contribution in [-0.2, 0) is 0 Å². The molecule has 2 aromatic heterocycles. The Hall–Kier alpha value is -2.24. The number of Topliss-reactive ketones (excluding diaryl/α,β-unsaturated/α-hetero) is 1. The van der Waals surface area contributed by atoms with Gasteiger partial charge in [0.25, 0.3) is 0 Å². The molecule has 6 nitrogen and oxygen atoms in total. The topological polar surface area (TPSA) is 63.9 Å². The Morgan fingerprint density at radius 1 is 1.20 bits per heavy atom. The maximum absolute atomic E-state index is 12.9. The largest absolute Gasteiger partial charge is 0.290 e. The Bertz CT molecular complexity index is 618. The minimum Gasteiger partial charge on any atom is -0.290 e. The van der Waals surface area contributed by atoms with E-state index in [4.69, 9.17) is 0 Å². The number of hydrogen-bond donors (Lipinski definition) is 0. The van der Waals surface area contributed by atoms with Gasteiger partial charge in [-0.25, -0.2) is 0 Å². The predicted molar refractivity (Wildman–Crippen MR) is 71.7 cm³/mol. The van der Waals surface area contributed by atoms with Crippen molar-refractivity contribution >= 4 is 5.78 Å². The number of aromatic nitrogens is 4. The summed E-state index contributed by atoms with van der Waals surface area (Å²) in [6.07, 6.45) is 7.80. The Morgan fingerprint density at radius 3 is 2.70 bits per heavy atom. The van der Waals surface area contributed by atoms with Gasteiger partial charge in [0.05, 0.1) is 12.4 Å². The molecule has 1 aliphatic carbocycles. The highest BCUT2D eigenvalue weighted by Gasteiger charge is 2.58. The lowest BCUT2D eigenvalue weighted by Crippen LogP contribution is -2.71. The average molecular weight is 269 g/mol. The molecule has 0 unspecified atom stereocenters. The zero-order valence-corrected chi connectivity index (χ0v) is 11.0. The molecule has 20 heavy (non-hydrogen) atoms. The smallest absolute Gasteiger partial charge is 0.208 e. The lowest BCUT2D eigenvalue weighted by molar-refractivity contribution is 0.0375. The molecule has 6 heteroatoms. The average Bonchev–Trinajstić information content (AvgIpc) is 3.00. The summed E-state index contributed by atoms with van der Waals surface area (Å²) in [5.41, 5.74) is 0.0287. The monoisotopic (exact) mass is 269 g/mol. The van der Waals surface area contributed by atoms with E-state index in [0.717, 1.165) is 25.8 Å². The van der Waals surface area contributed by atoms with Crippen molar-refractivity contribution in [3.05, 3.63) is 42.5 Å². The van der Waals surface area contributed by atoms with Crippen LogP contribution in [0.15, 0.2) is 36.8 Å². The van der Waals surface area contributed by atoms with Crippen LogP contribution in [0.25, 0.3) is 0 Å². The SMILES string of the molecule is O=C(c1ccccn1)C12CC(CCN1n1nccn1)C2. The molecule has 2 aliphatic heterocycles. The minimum atomic E-state index is -0.504. The third kappa shape index (κ3) is 1.51. The van der Waals surface area contributed by atoms with E-state index in [-0.39, 0.29) is 5.78 Å². The molecule has 102 valence electrons. The van der Waals surface area contributed by atoms with E-state index >= 15 is 0 Å². The van der Waals surface area contributed by atoms with Crippen molar-refractivity contribution < 1.29 is 4.79 Å². The van der Waals surface area contributed by atoms with Crippen LogP contribution in [-0.4, -0.2) is 38.0 Å². The first-order valence-electron chi connectivity index (χ1n) is 6.90. The summed E-state index contributed by atoms with van der Waals surface area (Å²) in [5, 5.41) is 10.4. The Kier molecular flexibility index (Phi) is 2.39. The van der Waals surface area contributed by atoms with Crippen LogP contribution in [0.2, 0.25) is 0 Å². The van der Waals surface area contributed by atoms with E-state index in [0.29, 0.717) is 11.6 Å². The lowest BCUT2D eigenvalue weighted by Gasteiger charge is -2.57. The summed E-state index contributed by atoms with van der Waals surface area (Å²) >= 11 is 0. The molecule has 4 heterocycles. The molecule has 2 bridgehead atoms. The van der Waals surface area contributed by atoms with Crippen molar-refractivity contribution in [3.8, 4) is 0 Å². The van der Waals surface area contributed by atoms with Crippen LogP contribution in [0.4, 0.5) is 0 Å². The van der Waals surface area contributed by atoms with E-state index in [1.807, 2.05) is 17.1 Å². The highest BCUT2D eigenvalue weighted by molar-refractivity contribution is 6.04. The van der Waals surface area contributed by atoms with E-state index in [9.17, 15) is 4.79 Å². The van der Waals surface area contributed by atoms with Crippen molar-refractivity contribution in [2.75, 3.05) is 11.6 Å². The van der Waals surface area contributed by atoms with Crippen molar-refractivity contribution in [2.24, 2.45) is 5.92 Å². The van der Waals surface area contributed by atoms with Gasteiger partial charge in [-0.2, -0.15) is 0 Å². The number of nitrogens with zero attached hydrogens (tertiary/aromatic N) is 5. The summed E-state index contributed by atoms with van der Waals surface area (Å²) in [6.45, 7) is 0.817. The van der Waals surface area contributed by atoms with Gasteiger partial charge in [0.1, 0.15) is 11.2 Å². The van der Waals surface area contributed by atoms with E-state index in [1.165, 1.54) is 0 Å². The van der Waals surface area contributed by atoms with Gasteiger partial charge in [0.2, 0.25) is 5.78 Å². The second kappa shape index (κ2) is 4.13. The van der Waals surface area contributed by atoms with Crippen LogP contribution in [0.5, 0.6) is 0 Å².